The molecule has 1 N–H and O–H groups in total. The van der Waals surface area contributed by atoms with Gasteiger partial charge in [-0.25, -0.2) is 8.42 Å². The molecule has 2 amide bonds. The fraction of sp³-hybridized carbons (Fsp3) is 0.333. The van der Waals surface area contributed by atoms with Crippen molar-refractivity contribution in [2.45, 2.75) is 46.7 Å². The zero-order valence-corrected chi connectivity index (χ0v) is 23.6. The van der Waals surface area contributed by atoms with Gasteiger partial charge in [0.1, 0.15) is 12.6 Å². The lowest BCUT2D eigenvalue weighted by atomic mass is 10.0. The number of carbonyl (C=O) groups is 2. The summed E-state index contributed by atoms with van der Waals surface area (Å²) in [5.74, 6) is -0.732. The van der Waals surface area contributed by atoms with Gasteiger partial charge in [0.15, 0.2) is 0 Å². The molecule has 0 heterocycles. The van der Waals surface area contributed by atoms with Gasteiger partial charge in [0.25, 0.3) is 0 Å². The van der Waals surface area contributed by atoms with Crippen molar-refractivity contribution in [3.05, 3.63) is 101 Å². The first-order chi connectivity index (χ1) is 18.0. The van der Waals surface area contributed by atoms with E-state index in [4.69, 9.17) is 0 Å². The summed E-state index contributed by atoms with van der Waals surface area (Å²) < 4.78 is 27.1. The molecule has 3 aromatic carbocycles. The number of rotatable bonds is 11. The minimum absolute atomic E-state index is 0.171. The molecule has 38 heavy (non-hydrogen) atoms. The molecule has 0 saturated carbocycles. The summed E-state index contributed by atoms with van der Waals surface area (Å²) in [5, 5.41) is 2.87. The first-order valence-corrected chi connectivity index (χ1v) is 14.6. The van der Waals surface area contributed by atoms with E-state index in [1.807, 2.05) is 100 Å². The predicted molar refractivity (Wildman–Crippen MR) is 152 cm³/mol. The molecule has 0 unspecified atom stereocenters. The number of para-hydroxylation sites is 1. The average molecular weight is 536 g/mol. The fourth-order valence-corrected chi connectivity index (χ4v) is 5.56. The van der Waals surface area contributed by atoms with Gasteiger partial charge in [-0.1, -0.05) is 72.8 Å². The Bertz CT molecular complexity index is 1350. The second kappa shape index (κ2) is 12.7. The van der Waals surface area contributed by atoms with E-state index in [1.165, 1.54) is 4.90 Å². The highest BCUT2D eigenvalue weighted by Crippen LogP contribution is 2.27. The number of sulfonamides is 1. The minimum atomic E-state index is -3.80. The van der Waals surface area contributed by atoms with Gasteiger partial charge in [-0.15, -0.1) is 0 Å². The van der Waals surface area contributed by atoms with Gasteiger partial charge in [0.05, 0.1) is 11.9 Å². The van der Waals surface area contributed by atoms with E-state index < -0.39 is 28.5 Å². The van der Waals surface area contributed by atoms with Crippen LogP contribution in [0.15, 0.2) is 72.8 Å². The van der Waals surface area contributed by atoms with Gasteiger partial charge in [0.2, 0.25) is 21.8 Å². The van der Waals surface area contributed by atoms with E-state index in [2.05, 4.69) is 5.32 Å². The smallest absolute Gasteiger partial charge is 0.244 e. The Balaban J connectivity index is 2.09. The van der Waals surface area contributed by atoms with Crippen molar-refractivity contribution < 1.29 is 18.0 Å². The standard InChI is InChI=1S/C30H37N3O4S/c1-6-31-30(35)27(19-25-16-8-7-9-17-25)32(20-26-18-11-10-13-22(26)2)28(34)21-33(38(5,36)37)29-23(3)14-12-15-24(29)4/h7-18,27H,6,19-21H2,1-5H3,(H,31,35)/t27-/m1/s1. The highest BCUT2D eigenvalue weighted by atomic mass is 32.2. The van der Waals surface area contributed by atoms with Crippen LogP contribution in [0.4, 0.5) is 5.69 Å². The summed E-state index contributed by atoms with van der Waals surface area (Å²) in [7, 11) is -3.80. The number of nitrogens with one attached hydrogen (secondary N) is 1. The molecule has 0 radical (unpaired) electrons. The van der Waals surface area contributed by atoms with Crippen LogP contribution in [0.5, 0.6) is 0 Å². The molecule has 0 bridgehead atoms. The predicted octanol–water partition coefficient (Wildman–Crippen LogP) is 4.15. The Morgan fingerprint density at radius 2 is 1.42 bits per heavy atom. The molecular formula is C30H37N3O4S. The number of benzene rings is 3. The van der Waals surface area contributed by atoms with Gasteiger partial charge >= 0.3 is 0 Å². The molecule has 0 aliphatic carbocycles. The molecule has 0 aliphatic heterocycles. The summed E-state index contributed by atoms with van der Waals surface area (Å²) in [6.45, 7) is 7.60. The van der Waals surface area contributed by atoms with Crippen molar-refractivity contribution in [1.82, 2.24) is 10.2 Å². The molecule has 3 rings (SSSR count). The second-order valence-electron chi connectivity index (χ2n) is 9.56. The summed E-state index contributed by atoms with van der Waals surface area (Å²) in [6, 6.07) is 21.9. The quantitative estimate of drug-likeness (QED) is 0.400. The molecule has 7 nitrogen and oxygen atoms in total. The van der Waals surface area contributed by atoms with Crippen LogP contribution in [0.2, 0.25) is 0 Å². The van der Waals surface area contributed by atoms with E-state index in [1.54, 1.807) is 0 Å². The van der Waals surface area contributed by atoms with E-state index in [9.17, 15) is 18.0 Å². The zero-order chi connectivity index (χ0) is 27.9. The lowest BCUT2D eigenvalue weighted by Crippen LogP contribution is -2.53. The summed E-state index contributed by atoms with van der Waals surface area (Å²) in [6.07, 6.45) is 1.40. The largest absolute Gasteiger partial charge is 0.355 e. The molecule has 0 saturated heterocycles. The van der Waals surface area contributed by atoms with Crippen LogP contribution in [-0.2, 0) is 32.6 Å². The Hall–Kier alpha value is -3.65. The summed E-state index contributed by atoms with van der Waals surface area (Å²) >= 11 is 0. The summed E-state index contributed by atoms with van der Waals surface area (Å²) in [4.78, 5) is 29.0. The van der Waals surface area contributed by atoms with E-state index in [0.717, 1.165) is 38.4 Å². The highest BCUT2D eigenvalue weighted by Gasteiger charge is 2.33. The van der Waals surface area contributed by atoms with E-state index in [0.29, 0.717) is 18.7 Å². The maximum Gasteiger partial charge on any atom is 0.244 e. The van der Waals surface area contributed by atoms with Crippen LogP contribution in [0.25, 0.3) is 0 Å². The minimum Gasteiger partial charge on any atom is -0.355 e. The topological polar surface area (TPSA) is 86.8 Å². The Labute approximate surface area is 226 Å². The third-order valence-electron chi connectivity index (χ3n) is 6.59. The number of hydrogen-bond donors (Lipinski definition) is 1. The first kappa shape index (κ1) is 28.9. The third-order valence-corrected chi connectivity index (χ3v) is 7.70. The number of hydrogen-bond acceptors (Lipinski definition) is 4. The number of aryl methyl sites for hydroxylation is 3. The van der Waals surface area contributed by atoms with Gasteiger partial charge < -0.3 is 10.2 Å². The normalized spacial score (nSPS) is 12.0. The van der Waals surface area contributed by atoms with Crippen LogP contribution in [0.3, 0.4) is 0 Å². The van der Waals surface area contributed by atoms with Gasteiger partial charge in [-0.2, -0.15) is 0 Å². The van der Waals surface area contributed by atoms with Crippen molar-refractivity contribution in [3.63, 3.8) is 0 Å². The first-order valence-electron chi connectivity index (χ1n) is 12.7. The molecule has 0 spiro atoms. The number of likely N-dealkylation sites (N-methyl/N-ethyl adjacent to an activating group) is 1. The number of carbonyl (C=O) groups excluding carboxylic acids is 2. The zero-order valence-electron chi connectivity index (χ0n) is 22.8. The number of amides is 2. The molecule has 202 valence electrons. The maximum atomic E-state index is 14.1. The molecule has 8 heteroatoms. The molecular weight excluding hydrogens is 498 g/mol. The van der Waals surface area contributed by atoms with Crippen molar-refractivity contribution >= 4 is 27.5 Å². The van der Waals surface area contributed by atoms with Crippen molar-refractivity contribution in [2.75, 3.05) is 23.7 Å². The molecule has 0 aliphatic rings. The van der Waals surface area contributed by atoms with Gasteiger partial charge in [-0.3, -0.25) is 13.9 Å². The Morgan fingerprint density at radius 1 is 0.842 bits per heavy atom. The molecule has 0 aromatic heterocycles. The van der Waals surface area contributed by atoms with Crippen molar-refractivity contribution in [3.8, 4) is 0 Å². The maximum absolute atomic E-state index is 14.1. The third kappa shape index (κ3) is 7.22. The van der Waals surface area contributed by atoms with Crippen molar-refractivity contribution in [1.29, 1.82) is 0 Å². The number of nitrogens with zero attached hydrogens (tertiary/aromatic N) is 2. The molecule has 3 aromatic rings. The van der Waals surface area contributed by atoms with Crippen LogP contribution in [0, 0.1) is 20.8 Å². The van der Waals surface area contributed by atoms with E-state index in [-0.39, 0.29) is 12.5 Å². The van der Waals surface area contributed by atoms with Crippen LogP contribution < -0.4 is 9.62 Å². The molecule has 0 fully saturated rings. The Morgan fingerprint density at radius 3 is 2.00 bits per heavy atom. The SMILES string of the molecule is CCNC(=O)[C@@H](Cc1ccccc1)N(Cc1ccccc1C)C(=O)CN(c1c(C)cccc1C)S(C)(=O)=O. The fourth-order valence-electron chi connectivity index (χ4n) is 4.59. The molecule has 1 atom stereocenters. The van der Waals surface area contributed by atoms with E-state index >= 15 is 0 Å². The van der Waals surface area contributed by atoms with Crippen LogP contribution in [0.1, 0.15) is 34.7 Å². The monoisotopic (exact) mass is 535 g/mol. The summed E-state index contributed by atoms with van der Waals surface area (Å²) in [5.41, 5.74) is 4.75. The average Bonchev–Trinajstić information content (AvgIpc) is 2.86. The van der Waals surface area contributed by atoms with Crippen LogP contribution in [-0.4, -0.2) is 50.5 Å². The highest BCUT2D eigenvalue weighted by molar-refractivity contribution is 7.92. The second-order valence-corrected chi connectivity index (χ2v) is 11.5. The van der Waals surface area contributed by atoms with Crippen molar-refractivity contribution in [2.24, 2.45) is 0 Å². The Kier molecular flexibility index (Phi) is 9.69. The number of anilines is 1. The lowest BCUT2D eigenvalue weighted by molar-refractivity contribution is -0.140. The van der Waals surface area contributed by atoms with Gasteiger partial charge in [0, 0.05) is 19.5 Å². The lowest BCUT2D eigenvalue weighted by Gasteiger charge is -2.34. The van der Waals surface area contributed by atoms with Crippen LogP contribution >= 0.6 is 0 Å². The van der Waals surface area contributed by atoms with Gasteiger partial charge in [-0.05, 0) is 55.5 Å².